The van der Waals surface area contributed by atoms with Crippen LogP contribution in [0.2, 0.25) is 0 Å². The Labute approximate surface area is 76.8 Å². The topological polar surface area (TPSA) is 35.6 Å². The average molecular weight is 176 g/mol. The van der Waals surface area contributed by atoms with Gasteiger partial charge < -0.3 is 4.57 Å². The Hall–Kier alpha value is -1.58. The summed E-state index contributed by atoms with van der Waals surface area (Å²) < 4.78 is 3.88. The van der Waals surface area contributed by atoms with Gasteiger partial charge in [-0.2, -0.15) is 5.10 Å². The molecule has 0 atom stereocenters. The van der Waals surface area contributed by atoms with Crippen LogP contribution in [0.1, 0.15) is 11.5 Å². The van der Waals surface area contributed by atoms with E-state index in [9.17, 15) is 0 Å². The van der Waals surface area contributed by atoms with Gasteiger partial charge in [0.2, 0.25) is 0 Å². The lowest BCUT2D eigenvalue weighted by Gasteiger charge is -2.00. The molecule has 0 amide bonds. The first-order valence-electron chi connectivity index (χ1n) is 4.22. The van der Waals surface area contributed by atoms with Crippen molar-refractivity contribution in [3.8, 4) is 0 Å². The summed E-state index contributed by atoms with van der Waals surface area (Å²) in [6.45, 7) is 2.79. The lowest BCUT2D eigenvalue weighted by atomic mass is 10.4. The number of aryl methyl sites for hydroxylation is 2. The Morgan fingerprint density at radius 1 is 1.38 bits per heavy atom. The first-order valence-corrected chi connectivity index (χ1v) is 4.22. The van der Waals surface area contributed by atoms with Gasteiger partial charge in [-0.05, 0) is 13.0 Å². The fraction of sp³-hybridized carbons (Fsp3) is 0.333. The Kier molecular flexibility index (Phi) is 1.88. The summed E-state index contributed by atoms with van der Waals surface area (Å²) >= 11 is 0. The number of imidazole rings is 1. The minimum Gasteiger partial charge on any atom is -0.329 e. The number of rotatable bonds is 2. The van der Waals surface area contributed by atoms with Crippen LogP contribution in [0.5, 0.6) is 0 Å². The molecule has 0 radical (unpaired) electrons. The molecule has 0 aliphatic rings. The zero-order valence-corrected chi connectivity index (χ0v) is 7.81. The molecule has 0 aromatic carbocycles. The maximum absolute atomic E-state index is 4.29. The monoisotopic (exact) mass is 176 g/mol. The first-order chi connectivity index (χ1) is 6.25. The van der Waals surface area contributed by atoms with E-state index in [0.29, 0.717) is 0 Å². The summed E-state index contributed by atoms with van der Waals surface area (Å²) in [5.74, 6) is 1.02. The van der Waals surface area contributed by atoms with Crippen molar-refractivity contribution in [1.82, 2.24) is 19.3 Å². The van der Waals surface area contributed by atoms with Gasteiger partial charge in [0.15, 0.2) is 0 Å². The molecule has 4 nitrogen and oxygen atoms in total. The van der Waals surface area contributed by atoms with Crippen LogP contribution in [-0.2, 0) is 13.6 Å². The smallest absolute Gasteiger partial charge is 0.105 e. The molecular formula is C9H12N4. The second-order valence-electron chi connectivity index (χ2n) is 3.08. The standard InChI is InChI=1S/C9H12N4/c1-8-10-4-6-13(8)7-9-3-5-12(2)11-9/h3-6H,7H2,1-2H3. The fourth-order valence-electron chi connectivity index (χ4n) is 1.29. The fourth-order valence-corrected chi connectivity index (χ4v) is 1.29. The van der Waals surface area contributed by atoms with Gasteiger partial charge in [0.05, 0.1) is 12.2 Å². The lowest BCUT2D eigenvalue weighted by molar-refractivity contribution is 0.693. The SMILES string of the molecule is Cc1nccn1Cc1ccn(C)n1. The summed E-state index contributed by atoms with van der Waals surface area (Å²) in [5.41, 5.74) is 1.06. The lowest BCUT2D eigenvalue weighted by Crippen LogP contribution is -2.02. The van der Waals surface area contributed by atoms with Crippen LogP contribution < -0.4 is 0 Å². The van der Waals surface area contributed by atoms with Gasteiger partial charge in [0.1, 0.15) is 5.82 Å². The summed E-state index contributed by atoms with van der Waals surface area (Å²) in [4.78, 5) is 4.15. The molecule has 0 unspecified atom stereocenters. The van der Waals surface area contributed by atoms with Crippen molar-refractivity contribution in [2.24, 2.45) is 7.05 Å². The number of aromatic nitrogens is 4. The maximum Gasteiger partial charge on any atom is 0.105 e. The van der Waals surface area contributed by atoms with Crippen molar-refractivity contribution in [3.05, 3.63) is 36.2 Å². The zero-order valence-electron chi connectivity index (χ0n) is 7.81. The van der Waals surface area contributed by atoms with E-state index in [1.807, 2.05) is 37.1 Å². The van der Waals surface area contributed by atoms with Gasteiger partial charge in [0, 0.05) is 25.6 Å². The molecule has 0 saturated carbocycles. The first kappa shape index (κ1) is 8.04. The Morgan fingerprint density at radius 2 is 2.23 bits per heavy atom. The normalized spacial score (nSPS) is 10.6. The van der Waals surface area contributed by atoms with E-state index in [1.54, 1.807) is 6.20 Å². The molecule has 13 heavy (non-hydrogen) atoms. The summed E-state index contributed by atoms with van der Waals surface area (Å²) in [7, 11) is 1.92. The highest BCUT2D eigenvalue weighted by molar-refractivity contribution is 5.02. The van der Waals surface area contributed by atoms with Crippen molar-refractivity contribution in [2.45, 2.75) is 13.5 Å². The molecule has 0 aliphatic carbocycles. The van der Waals surface area contributed by atoms with Gasteiger partial charge in [-0.15, -0.1) is 0 Å². The largest absolute Gasteiger partial charge is 0.329 e. The number of hydrogen-bond acceptors (Lipinski definition) is 2. The molecule has 4 heteroatoms. The van der Waals surface area contributed by atoms with Crippen molar-refractivity contribution in [3.63, 3.8) is 0 Å². The second kappa shape index (κ2) is 3.05. The van der Waals surface area contributed by atoms with E-state index in [0.717, 1.165) is 18.1 Å². The highest BCUT2D eigenvalue weighted by atomic mass is 15.3. The molecule has 68 valence electrons. The van der Waals surface area contributed by atoms with Crippen LogP contribution in [0.25, 0.3) is 0 Å². The molecule has 2 rings (SSSR count). The van der Waals surface area contributed by atoms with E-state index in [2.05, 4.69) is 14.6 Å². The van der Waals surface area contributed by atoms with Crippen molar-refractivity contribution < 1.29 is 0 Å². The molecule has 0 bridgehead atoms. The summed E-state index contributed by atoms with van der Waals surface area (Å²) in [5, 5.41) is 4.29. The van der Waals surface area contributed by atoms with Gasteiger partial charge in [-0.3, -0.25) is 4.68 Å². The highest BCUT2D eigenvalue weighted by Crippen LogP contribution is 2.01. The van der Waals surface area contributed by atoms with Crippen LogP contribution in [0.3, 0.4) is 0 Å². The zero-order chi connectivity index (χ0) is 9.26. The molecule has 0 spiro atoms. The van der Waals surface area contributed by atoms with Crippen LogP contribution in [-0.4, -0.2) is 19.3 Å². The summed E-state index contributed by atoms with van der Waals surface area (Å²) in [6.07, 6.45) is 5.71. The summed E-state index contributed by atoms with van der Waals surface area (Å²) in [6, 6.07) is 2.01. The number of hydrogen-bond donors (Lipinski definition) is 0. The Bertz CT molecular complexity index is 399. The second-order valence-corrected chi connectivity index (χ2v) is 3.08. The van der Waals surface area contributed by atoms with Crippen molar-refractivity contribution in [1.29, 1.82) is 0 Å². The predicted octanol–water partition coefficient (Wildman–Crippen LogP) is 0.973. The van der Waals surface area contributed by atoms with Crippen LogP contribution in [0, 0.1) is 6.92 Å². The third-order valence-electron chi connectivity index (χ3n) is 2.02. The average Bonchev–Trinajstić information content (AvgIpc) is 2.64. The van der Waals surface area contributed by atoms with E-state index >= 15 is 0 Å². The molecule has 0 N–H and O–H groups in total. The van der Waals surface area contributed by atoms with E-state index in [1.165, 1.54) is 0 Å². The van der Waals surface area contributed by atoms with Gasteiger partial charge >= 0.3 is 0 Å². The molecular weight excluding hydrogens is 164 g/mol. The van der Waals surface area contributed by atoms with Crippen molar-refractivity contribution >= 4 is 0 Å². The van der Waals surface area contributed by atoms with Crippen LogP contribution >= 0.6 is 0 Å². The van der Waals surface area contributed by atoms with E-state index in [4.69, 9.17) is 0 Å². The maximum atomic E-state index is 4.29. The predicted molar refractivity (Wildman–Crippen MR) is 49.3 cm³/mol. The van der Waals surface area contributed by atoms with E-state index in [-0.39, 0.29) is 0 Å². The van der Waals surface area contributed by atoms with Crippen LogP contribution in [0.4, 0.5) is 0 Å². The Balaban J connectivity index is 2.19. The number of nitrogens with zero attached hydrogens (tertiary/aromatic N) is 4. The Morgan fingerprint density at radius 3 is 2.77 bits per heavy atom. The van der Waals surface area contributed by atoms with Gasteiger partial charge in [-0.1, -0.05) is 0 Å². The molecule has 2 aromatic rings. The molecule has 0 fully saturated rings. The quantitative estimate of drug-likeness (QED) is 0.683. The minimum atomic E-state index is 0.798. The molecule has 0 aliphatic heterocycles. The third-order valence-corrected chi connectivity index (χ3v) is 2.02. The van der Waals surface area contributed by atoms with Gasteiger partial charge in [0.25, 0.3) is 0 Å². The molecule has 2 heterocycles. The molecule has 0 saturated heterocycles. The van der Waals surface area contributed by atoms with Crippen LogP contribution in [0.15, 0.2) is 24.7 Å². The van der Waals surface area contributed by atoms with Gasteiger partial charge in [-0.25, -0.2) is 4.98 Å². The van der Waals surface area contributed by atoms with Crippen molar-refractivity contribution in [2.75, 3.05) is 0 Å². The molecule has 2 aromatic heterocycles. The minimum absolute atomic E-state index is 0.798. The highest BCUT2D eigenvalue weighted by Gasteiger charge is 2.00. The van der Waals surface area contributed by atoms with E-state index < -0.39 is 0 Å². The third kappa shape index (κ3) is 1.61.